The van der Waals surface area contributed by atoms with Crippen molar-refractivity contribution >= 4 is 28.8 Å². The van der Waals surface area contributed by atoms with Crippen molar-refractivity contribution < 1.29 is 18.7 Å². The Balaban J connectivity index is 1.60. The largest absolute Gasteiger partial charge is 0.497 e. The van der Waals surface area contributed by atoms with Crippen molar-refractivity contribution in [3.8, 4) is 5.75 Å². The zero-order chi connectivity index (χ0) is 22.8. The summed E-state index contributed by atoms with van der Waals surface area (Å²) < 4.78 is 10.8. The van der Waals surface area contributed by atoms with Gasteiger partial charge in [0.05, 0.1) is 31.9 Å². The molecule has 0 aliphatic carbocycles. The number of ether oxygens (including phenoxy) is 1. The van der Waals surface area contributed by atoms with Gasteiger partial charge in [-0.1, -0.05) is 30.3 Å². The number of furan rings is 1. The summed E-state index contributed by atoms with van der Waals surface area (Å²) in [6.45, 7) is 0.270. The second kappa shape index (κ2) is 8.96. The highest BCUT2D eigenvalue weighted by Crippen LogP contribution is 2.45. The van der Waals surface area contributed by atoms with Gasteiger partial charge < -0.3 is 19.4 Å². The van der Waals surface area contributed by atoms with E-state index in [9.17, 15) is 9.59 Å². The second-order valence-corrected chi connectivity index (χ2v) is 8.74. The first-order valence-electron chi connectivity index (χ1n) is 10.6. The monoisotopic (exact) mass is 458 g/mol. The van der Waals surface area contributed by atoms with Crippen LogP contribution in [-0.4, -0.2) is 23.8 Å². The molecule has 0 spiro atoms. The van der Waals surface area contributed by atoms with E-state index in [1.54, 1.807) is 36.5 Å². The first kappa shape index (κ1) is 21.0. The molecule has 1 aliphatic heterocycles. The number of hydrogen-bond donors (Lipinski definition) is 1. The zero-order valence-electron chi connectivity index (χ0n) is 17.9. The molecule has 1 aliphatic rings. The lowest BCUT2D eigenvalue weighted by atomic mass is 9.81. The number of anilines is 1. The molecule has 4 aromatic rings. The molecule has 2 atom stereocenters. The van der Waals surface area contributed by atoms with Gasteiger partial charge in [0.15, 0.2) is 0 Å². The maximum absolute atomic E-state index is 13.8. The van der Waals surface area contributed by atoms with Crippen LogP contribution in [0.4, 0.5) is 5.69 Å². The molecule has 2 unspecified atom stereocenters. The summed E-state index contributed by atoms with van der Waals surface area (Å²) in [5.41, 5.74) is 1.89. The van der Waals surface area contributed by atoms with Gasteiger partial charge in [-0.05, 0) is 47.3 Å². The van der Waals surface area contributed by atoms with Crippen molar-refractivity contribution in [3.63, 3.8) is 0 Å². The molecule has 0 radical (unpaired) electrons. The van der Waals surface area contributed by atoms with E-state index in [-0.39, 0.29) is 18.4 Å². The molecule has 2 aromatic carbocycles. The van der Waals surface area contributed by atoms with E-state index in [0.717, 1.165) is 10.4 Å². The molecule has 33 heavy (non-hydrogen) atoms. The third kappa shape index (κ3) is 4.03. The second-order valence-electron chi connectivity index (χ2n) is 7.76. The molecule has 1 N–H and O–H groups in total. The average molecular weight is 459 g/mol. The summed E-state index contributed by atoms with van der Waals surface area (Å²) in [6, 6.07) is 21.7. The number of nitrogens with zero attached hydrogens (tertiary/aromatic N) is 1. The van der Waals surface area contributed by atoms with Crippen LogP contribution in [0, 0.1) is 0 Å². The predicted octanol–water partition coefficient (Wildman–Crippen LogP) is 5.47. The molecule has 5 rings (SSSR count). The fourth-order valence-corrected chi connectivity index (χ4v) is 5.19. The normalized spacial score (nSPS) is 17.5. The molecular weight excluding hydrogens is 436 g/mol. The van der Waals surface area contributed by atoms with E-state index < -0.39 is 12.0 Å². The van der Waals surface area contributed by atoms with Gasteiger partial charge >= 0.3 is 0 Å². The molecule has 166 valence electrons. The van der Waals surface area contributed by atoms with Gasteiger partial charge in [0.25, 0.3) is 5.91 Å². The fourth-order valence-electron chi connectivity index (χ4n) is 4.32. The van der Waals surface area contributed by atoms with Gasteiger partial charge in [-0.2, -0.15) is 0 Å². The van der Waals surface area contributed by atoms with Crippen molar-refractivity contribution in [3.05, 3.63) is 106 Å². The molecule has 0 bridgehead atoms. The maximum Gasteiger partial charge on any atom is 0.255 e. The molecule has 6 nitrogen and oxygen atoms in total. The fraction of sp³-hybridized carbons (Fsp3) is 0.154. The number of rotatable bonds is 6. The number of amides is 2. The highest BCUT2D eigenvalue weighted by atomic mass is 32.1. The number of nitrogens with one attached hydrogen (secondary N) is 1. The van der Waals surface area contributed by atoms with E-state index in [0.29, 0.717) is 22.8 Å². The van der Waals surface area contributed by atoms with Crippen molar-refractivity contribution in [2.45, 2.75) is 18.5 Å². The van der Waals surface area contributed by atoms with Crippen molar-refractivity contribution in [2.24, 2.45) is 0 Å². The van der Waals surface area contributed by atoms with Crippen LogP contribution < -0.4 is 10.1 Å². The molecule has 0 saturated carbocycles. The molecule has 0 fully saturated rings. The SMILES string of the molecule is COc1cccc(NC(=O)C2c3ccccc3C(=O)N(Cc3ccco3)C2c2cccs2)c1. The molecule has 7 heteroatoms. The van der Waals surface area contributed by atoms with Crippen LogP contribution in [0.2, 0.25) is 0 Å². The lowest BCUT2D eigenvalue weighted by Gasteiger charge is -2.40. The predicted molar refractivity (Wildman–Crippen MR) is 126 cm³/mol. The minimum Gasteiger partial charge on any atom is -0.497 e. The summed E-state index contributed by atoms with van der Waals surface area (Å²) in [4.78, 5) is 30.1. The Kier molecular flexibility index (Phi) is 5.71. The van der Waals surface area contributed by atoms with Gasteiger partial charge in [-0.3, -0.25) is 9.59 Å². The maximum atomic E-state index is 13.8. The number of hydrogen-bond acceptors (Lipinski definition) is 5. The molecule has 0 saturated heterocycles. The van der Waals surface area contributed by atoms with Crippen molar-refractivity contribution in [1.29, 1.82) is 0 Å². The Labute approximate surface area is 195 Å². The van der Waals surface area contributed by atoms with Crippen LogP contribution >= 0.6 is 11.3 Å². The van der Waals surface area contributed by atoms with E-state index in [1.807, 2.05) is 60.0 Å². The highest BCUT2D eigenvalue weighted by molar-refractivity contribution is 7.10. The quantitative estimate of drug-likeness (QED) is 0.416. The third-order valence-electron chi connectivity index (χ3n) is 5.80. The Hall–Kier alpha value is -3.84. The van der Waals surface area contributed by atoms with Gasteiger partial charge in [-0.15, -0.1) is 11.3 Å². The first-order chi connectivity index (χ1) is 16.2. The standard InChI is InChI=1S/C26H22N2O4S/c1-31-18-8-4-7-17(15-18)27-25(29)23-20-10-2-3-11-21(20)26(30)28(16-19-9-5-13-32-19)24(23)22-12-6-14-33-22/h2-15,23-24H,16H2,1H3,(H,27,29). The van der Waals surface area contributed by atoms with Gasteiger partial charge in [0.1, 0.15) is 11.5 Å². The van der Waals surface area contributed by atoms with Crippen LogP contribution in [0.1, 0.15) is 38.5 Å². The lowest BCUT2D eigenvalue weighted by Crippen LogP contribution is -2.45. The molecule has 3 heterocycles. The van der Waals surface area contributed by atoms with Crippen molar-refractivity contribution in [2.75, 3.05) is 12.4 Å². The lowest BCUT2D eigenvalue weighted by molar-refractivity contribution is -0.119. The van der Waals surface area contributed by atoms with E-state index >= 15 is 0 Å². The van der Waals surface area contributed by atoms with E-state index in [2.05, 4.69) is 5.32 Å². The summed E-state index contributed by atoms with van der Waals surface area (Å²) >= 11 is 1.53. The Morgan fingerprint density at radius 3 is 2.73 bits per heavy atom. The van der Waals surface area contributed by atoms with Gasteiger partial charge in [-0.25, -0.2) is 0 Å². The minimum atomic E-state index is -0.598. The Bertz CT molecular complexity index is 1270. The highest BCUT2D eigenvalue weighted by Gasteiger charge is 2.44. The van der Waals surface area contributed by atoms with Crippen LogP contribution in [0.15, 0.2) is 88.9 Å². The zero-order valence-corrected chi connectivity index (χ0v) is 18.7. The number of carbonyl (C=O) groups is 2. The average Bonchev–Trinajstić information content (AvgIpc) is 3.55. The molecular formula is C26H22N2O4S. The van der Waals surface area contributed by atoms with Gasteiger partial charge in [0, 0.05) is 22.2 Å². The molecule has 2 aromatic heterocycles. The number of benzene rings is 2. The number of thiophene rings is 1. The number of methoxy groups -OCH3 is 1. The Morgan fingerprint density at radius 1 is 1.09 bits per heavy atom. The smallest absolute Gasteiger partial charge is 0.255 e. The van der Waals surface area contributed by atoms with Crippen molar-refractivity contribution in [1.82, 2.24) is 4.90 Å². The van der Waals surface area contributed by atoms with E-state index in [1.165, 1.54) is 11.3 Å². The first-order valence-corrected chi connectivity index (χ1v) is 11.4. The van der Waals surface area contributed by atoms with Crippen LogP contribution in [0.25, 0.3) is 0 Å². The number of fused-ring (bicyclic) bond motifs is 1. The van der Waals surface area contributed by atoms with Crippen LogP contribution in [0.3, 0.4) is 0 Å². The van der Waals surface area contributed by atoms with E-state index in [4.69, 9.17) is 9.15 Å². The Morgan fingerprint density at radius 2 is 1.97 bits per heavy atom. The molecule has 2 amide bonds. The third-order valence-corrected chi connectivity index (χ3v) is 6.74. The van der Waals surface area contributed by atoms with Crippen LogP contribution in [-0.2, 0) is 11.3 Å². The van der Waals surface area contributed by atoms with Gasteiger partial charge in [0.2, 0.25) is 5.91 Å². The summed E-state index contributed by atoms with van der Waals surface area (Å²) in [5, 5.41) is 5.00. The summed E-state index contributed by atoms with van der Waals surface area (Å²) in [5.74, 6) is 0.410. The van der Waals surface area contributed by atoms with Crippen LogP contribution in [0.5, 0.6) is 5.75 Å². The minimum absolute atomic E-state index is 0.120. The number of carbonyl (C=O) groups excluding carboxylic acids is 2. The topological polar surface area (TPSA) is 71.8 Å². The summed E-state index contributed by atoms with van der Waals surface area (Å²) in [6.07, 6.45) is 1.59. The summed E-state index contributed by atoms with van der Waals surface area (Å²) in [7, 11) is 1.59.